The highest BCUT2D eigenvalue weighted by Crippen LogP contribution is 2.26. The number of nitrogens with zero attached hydrogens (tertiary/aromatic N) is 2. The van der Waals surface area contributed by atoms with Crippen LogP contribution >= 0.6 is 11.3 Å². The lowest BCUT2D eigenvalue weighted by Crippen LogP contribution is -2.50. The van der Waals surface area contributed by atoms with E-state index in [-0.39, 0.29) is 5.91 Å². The van der Waals surface area contributed by atoms with E-state index in [0.717, 1.165) is 16.9 Å². The van der Waals surface area contributed by atoms with Gasteiger partial charge >= 0.3 is 0 Å². The molecule has 2 heterocycles. The van der Waals surface area contributed by atoms with Crippen LogP contribution in [0.15, 0.2) is 40.6 Å². The van der Waals surface area contributed by atoms with Crippen molar-refractivity contribution >= 4 is 27.3 Å². The maximum atomic E-state index is 12.7. The third kappa shape index (κ3) is 4.16. The lowest BCUT2D eigenvalue weighted by molar-refractivity contribution is -0.131. The fraction of sp³-hybridized carbons (Fsp3) is 0.421. The summed E-state index contributed by atoms with van der Waals surface area (Å²) in [4.78, 5) is 15.3. The van der Waals surface area contributed by atoms with Gasteiger partial charge in [-0.15, -0.1) is 11.3 Å². The first kappa shape index (κ1) is 19.1. The number of benzene rings is 1. The molecule has 1 fully saturated rings. The van der Waals surface area contributed by atoms with E-state index in [0.29, 0.717) is 36.8 Å². The van der Waals surface area contributed by atoms with Crippen LogP contribution in [0.2, 0.25) is 0 Å². The normalized spacial score (nSPS) is 16.0. The van der Waals surface area contributed by atoms with Gasteiger partial charge in [-0.25, -0.2) is 8.42 Å². The molecule has 1 aromatic carbocycles. The molecule has 0 spiro atoms. The van der Waals surface area contributed by atoms with Crippen LogP contribution in [-0.4, -0.2) is 49.7 Å². The Labute approximate surface area is 159 Å². The summed E-state index contributed by atoms with van der Waals surface area (Å²) in [5.74, 6) is 0.0512. The minimum Gasteiger partial charge on any atom is -0.340 e. The second-order valence-electron chi connectivity index (χ2n) is 6.52. The molecule has 0 N–H and O–H groups in total. The summed E-state index contributed by atoms with van der Waals surface area (Å²) >= 11 is 1.33. The van der Waals surface area contributed by atoms with E-state index < -0.39 is 10.0 Å². The minimum absolute atomic E-state index is 0.0512. The van der Waals surface area contributed by atoms with Crippen molar-refractivity contribution in [3.05, 3.63) is 52.4 Å². The summed E-state index contributed by atoms with van der Waals surface area (Å²) in [7, 11) is -3.45. The molecule has 1 aliphatic rings. The number of carbonyl (C=O) groups excluding carboxylic acids is 1. The Kier molecular flexibility index (Phi) is 5.79. The van der Waals surface area contributed by atoms with Crippen LogP contribution in [0.25, 0.3) is 0 Å². The Morgan fingerprint density at radius 2 is 1.69 bits per heavy atom. The number of hydrogen-bond donors (Lipinski definition) is 0. The summed E-state index contributed by atoms with van der Waals surface area (Å²) in [6.45, 7) is 5.61. The van der Waals surface area contributed by atoms with Crippen molar-refractivity contribution in [2.45, 2.75) is 30.9 Å². The van der Waals surface area contributed by atoms with Gasteiger partial charge in [0.1, 0.15) is 4.21 Å². The number of piperazine rings is 1. The molecule has 0 unspecified atom stereocenters. The molecular formula is C19H24N2O3S2. The highest BCUT2D eigenvalue weighted by molar-refractivity contribution is 7.91. The molecule has 1 saturated heterocycles. The molecule has 0 atom stereocenters. The van der Waals surface area contributed by atoms with E-state index in [9.17, 15) is 13.2 Å². The van der Waals surface area contributed by atoms with Gasteiger partial charge in [-0.3, -0.25) is 4.79 Å². The lowest BCUT2D eigenvalue weighted by Gasteiger charge is -2.33. The Morgan fingerprint density at radius 1 is 1.04 bits per heavy atom. The third-order valence-corrected chi connectivity index (χ3v) is 8.24. The predicted octanol–water partition coefficient (Wildman–Crippen LogP) is 2.69. The molecule has 7 heteroatoms. The number of rotatable bonds is 5. The molecule has 2 aromatic rings. The summed E-state index contributed by atoms with van der Waals surface area (Å²) in [6, 6.07) is 11.5. The van der Waals surface area contributed by atoms with E-state index in [4.69, 9.17) is 0 Å². The van der Waals surface area contributed by atoms with Gasteiger partial charge in [0.05, 0.1) is 6.42 Å². The Morgan fingerprint density at radius 3 is 2.27 bits per heavy atom. The van der Waals surface area contributed by atoms with Crippen LogP contribution < -0.4 is 0 Å². The van der Waals surface area contributed by atoms with Crippen molar-refractivity contribution in [3.8, 4) is 0 Å². The van der Waals surface area contributed by atoms with Gasteiger partial charge in [0.15, 0.2) is 0 Å². The summed E-state index contributed by atoms with van der Waals surface area (Å²) < 4.78 is 27.4. The number of thiophene rings is 1. The predicted molar refractivity (Wildman–Crippen MR) is 104 cm³/mol. The lowest BCUT2D eigenvalue weighted by atomic mass is 10.1. The van der Waals surface area contributed by atoms with Gasteiger partial charge in [0.25, 0.3) is 10.0 Å². The molecule has 26 heavy (non-hydrogen) atoms. The molecule has 3 rings (SSSR count). The zero-order chi connectivity index (χ0) is 18.7. The fourth-order valence-electron chi connectivity index (χ4n) is 2.98. The molecule has 1 amide bonds. The van der Waals surface area contributed by atoms with Crippen LogP contribution in [0.4, 0.5) is 0 Å². The van der Waals surface area contributed by atoms with Crippen LogP contribution in [-0.2, 0) is 27.7 Å². The van der Waals surface area contributed by atoms with Crippen molar-refractivity contribution in [2.24, 2.45) is 0 Å². The average Bonchev–Trinajstić information content (AvgIpc) is 3.14. The van der Waals surface area contributed by atoms with Gasteiger partial charge in [-0.05, 0) is 31.0 Å². The summed E-state index contributed by atoms with van der Waals surface area (Å²) in [5.41, 5.74) is 2.15. The van der Waals surface area contributed by atoms with E-state index in [1.165, 1.54) is 21.2 Å². The van der Waals surface area contributed by atoms with Gasteiger partial charge in [0.2, 0.25) is 5.91 Å². The van der Waals surface area contributed by atoms with Crippen LogP contribution in [0.3, 0.4) is 0 Å². The quantitative estimate of drug-likeness (QED) is 0.786. The van der Waals surface area contributed by atoms with Crippen molar-refractivity contribution in [2.75, 3.05) is 26.2 Å². The van der Waals surface area contributed by atoms with E-state index in [1.807, 2.05) is 44.2 Å². The Hall–Kier alpha value is -1.70. The van der Waals surface area contributed by atoms with Crippen LogP contribution in [0.5, 0.6) is 0 Å². The standard InChI is InChI=1S/C19H24N2O3S2/c1-3-17-8-9-19(25-17)26(23,24)21-12-10-20(11-13-21)18(22)14-16-6-4-15(2)5-7-16/h4-9H,3,10-14H2,1-2H3. The second-order valence-corrected chi connectivity index (χ2v) is 9.85. The number of sulfonamides is 1. The SMILES string of the molecule is CCc1ccc(S(=O)(=O)N2CCN(C(=O)Cc3ccc(C)cc3)CC2)s1. The van der Waals surface area contributed by atoms with Crippen LogP contribution in [0, 0.1) is 6.92 Å². The van der Waals surface area contributed by atoms with E-state index in [2.05, 4.69) is 0 Å². The molecule has 0 saturated carbocycles. The Balaban J connectivity index is 1.59. The van der Waals surface area contributed by atoms with Gasteiger partial charge < -0.3 is 4.90 Å². The fourth-order valence-corrected chi connectivity index (χ4v) is 5.86. The molecule has 1 aliphatic heterocycles. The minimum atomic E-state index is -3.45. The second kappa shape index (κ2) is 7.90. The monoisotopic (exact) mass is 392 g/mol. The summed E-state index contributed by atoms with van der Waals surface area (Å²) in [5, 5.41) is 0. The molecule has 0 bridgehead atoms. The highest BCUT2D eigenvalue weighted by Gasteiger charge is 2.31. The topological polar surface area (TPSA) is 57.7 Å². The highest BCUT2D eigenvalue weighted by atomic mass is 32.2. The van der Waals surface area contributed by atoms with Gasteiger partial charge in [-0.1, -0.05) is 36.8 Å². The molecule has 140 valence electrons. The van der Waals surface area contributed by atoms with Gasteiger partial charge in [0, 0.05) is 31.1 Å². The number of hydrogen-bond acceptors (Lipinski definition) is 4. The van der Waals surface area contributed by atoms with Crippen molar-refractivity contribution in [1.29, 1.82) is 0 Å². The van der Waals surface area contributed by atoms with E-state index >= 15 is 0 Å². The molecular weight excluding hydrogens is 368 g/mol. The van der Waals surface area contributed by atoms with Gasteiger partial charge in [-0.2, -0.15) is 4.31 Å². The molecule has 0 radical (unpaired) electrons. The summed E-state index contributed by atoms with van der Waals surface area (Å²) in [6.07, 6.45) is 1.19. The van der Waals surface area contributed by atoms with Crippen LogP contribution in [0.1, 0.15) is 22.9 Å². The molecule has 5 nitrogen and oxygen atoms in total. The van der Waals surface area contributed by atoms with Crippen molar-refractivity contribution in [1.82, 2.24) is 9.21 Å². The van der Waals surface area contributed by atoms with Crippen molar-refractivity contribution < 1.29 is 13.2 Å². The maximum absolute atomic E-state index is 12.7. The number of amides is 1. The molecule has 1 aromatic heterocycles. The van der Waals surface area contributed by atoms with Crippen molar-refractivity contribution in [3.63, 3.8) is 0 Å². The smallest absolute Gasteiger partial charge is 0.252 e. The zero-order valence-electron chi connectivity index (χ0n) is 15.1. The number of aryl methyl sites for hydroxylation is 2. The first-order valence-corrected chi connectivity index (χ1v) is 11.1. The largest absolute Gasteiger partial charge is 0.340 e. The first-order valence-electron chi connectivity index (χ1n) is 8.82. The average molecular weight is 393 g/mol. The zero-order valence-corrected chi connectivity index (χ0v) is 16.8. The Bertz CT molecular complexity index is 864. The maximum Gasteiger partial charge on any atom is 0.252 e. The third-order valence-electron chi connectivity index (χ3n) is 4.65. The molecule has 0 aliphatic carbocycles. The number of carbonyl (C=O) groups is 1. The van der Waals surface area contributed by atoms with E-state index in [1.54, 1.807) is 11.0 Å². The first-order chi connectivity index (χ1) is 12.4.